The normalized spacial score (nSPS) is 23.3. The molecule has 1 aromatic rings. The highest BCUT2D eigenvalue weighted by atomic mass is 31.2. The van der Waals surface area contributed by atoms with Crippen LogP contribution in [0.25, 0.3) is 0 Å². The third-order valence-electron chi connectivity index (χ3n) is 4.26. The predicted octanol–water partition coefficient (Wildman–Crippen LogP) is 4.04. The average Bonchev–Trinajstić information content (AvgIpc) is 3.03. The first kappa shape index (κ1) is 22.9. The fraction of sp³-hybridized carbons (Fsp3) is 0.737. The molecule has 0 aromatic carbocycles. The van der Waals surface area contributed by atoms with E-state index in [1.807, 2.05) is 0 Å². The molecule has 0 amide bonds. The van der Waals surface area contributed by atoms with Crippen molar-refractivity contribution in [3.8, 4) is 11.9 Å². The Balaban J connectivity index is 2.06. The first-order chi connectivity index (χ1) is 13.5. The molecule has 2 heterocycles. The van der Waals surface area contributed by atoms with Gasteiger partial charge in [-0.15, -0.1) is 0 Å². The number of ether oxygens (including phenoxy) is 2. The number of hydrogen-bond donors (Lipinski definition) is 0. The molecular formula is C19H31N4O4P. The molecule has 4 atom stereocenters. The van der Waals surface area contributed by atoms with Crippen LogP contribution in [0.5, 0.6) is 5.88 Å². The van der Waals surface area contributed by atoms with Gasteiger partial charge in [-0.25, -0.2) is 14.6 Å². The Morgan fingerprint density at radius 2 is 2.11 bits per heavy atom. The standard InChI is InChI=1S/C19H31N4O4P/c1-6-16-17(12-19(25-16)26-18-8-10-21-13-22-18)27-28(24-11-7-9-20)23(14(2)3)15(4)5/h8,10,13-17,19H,6-7,11-12H2,1-5H3/t16-,17+,19+,28?/m1/s1. The van der Waals surface area contributed by atoms with Crippen molar-refractivity contribution in [3.63, 3.8) is 0 Å². The van der Waals surface area contributed by atoms with Crippen LogP contribution in [-0.2, 0) is 13.8 Å². The fourth-order valence-corrected chi connectivity index (χ4v) is 4.88. The summed E-state index contributed by atoms with van der Waals surface area (Å²) in [7, 11) is -1.32. The highest BCUT2D eigenvalue weighted by molar-refractivity contribution is 7.44. The molecule has 1 aromatic heterocycles. The molecule has 156 valence electrons. The van der Waals surface area contributed by atoms with Crippen LogP contribution < -0.4 is 4.74 Å². The number of nitriles is 1. The highest BCUT2D eigenvalue weighted by Gasteiger charge is 2.40. The summed E-state index contributed by atoms with van der Waals surface area (Å²) in [6.45, 7) is 10.9. The monoisotopic (exact) mass is 410 g/mol. The van der Waals surface area contributed by atoms with Gasteiger partial charge in [-0.3, -0.25) is 0 Å². The average molecular weight is 410 g/mol. The minimum atomic E-state index is -1.32. The highest BCUT2D eigenvalue weighted by Crippen LogP contribution is 2.49. The minimum absolute atomic E-state index is 0.0856. The van der Waals surface area contributed by atoms with Gasteiger partial charge in [0.05, 0.1) is 31.3 Å². The van der Waals surface area contributed by atoms with E-state index in [1.54, 1.807) is 12.3 Å². The summed E-state index contributed by atoms with van der Waals surface area (Å²) in [5, 5.41) is 8.85. The van der Waals surface area contributed by atoms with E-state index in [1.165, 1.54) is 6.33 Å². The molecule has 1 aliphatic rings. The zero-order valence-electron chi connectivity index (χ0n) is 17.3. The summed E-state index contributed by atoms with van der Waals surface area (Å²) in [5.41, 5.74) is 0. The maximum atomic E-state index is 8.85. The van der Waals surface area contributed by atoms with Crippen LogP contribution in [0.3, 0.4) is 0 Å². The first-order valence-electron chi connectivity index (χ1n) is 9.79. The summed E-state index contributed by atoms with van der Waals surface area (Å²) in [4.78, 5) is 7.98. The number of rotatable bonds is 11. The van der Waals surface area contributed by atoms with Crippen molar-refractivity contribution in [2.24, 2.45) is 0 Å². The molecule has 0 bridgehead atoms. The van der Waals surface area contributed by atoms with E-state index in [0.29, 0.717) is 25.3 Å². The van der Waals surface area contributed by atoms with Gasteiger partial charge < -0.3 is 18.5 Å². The lowest BCUT2D eigenvalue weighted by Gasteiger charge is -2.37. The van der Waals surface area contributed by atoms with Crippen molar-refractivity contribution < 1.29 is 18.5 Å². The quantitative estimate of drug-likeness (QED) is 0.399. The van der Waals surface area contributed by atoms with Crippen molar-refractivity contribution in [1.82, 2.24) is 14.6 Å². The van der Waals surface area contributed by atoms with Gasteiger partial charge in [-0.1, -0.05) is 6.92 Å². The molecule has 1 aliphatic heterocycles. The second-order valence-electron chi connectivity index (χ2n) is 7.10. The largest absolute Gasteiger partial charge is 0.448 e. The molecule has 28 heavy (non-hydrogen) atoms. The van der Waals surface area contributed by atoms with Crippen LogP contribution in [0, 0.1) is 11.3 Å². The molecule has 0 radical (unpaired) electrons. The van der Waals surface area contributed by atoms with E-state index in [9.17, 15) is 0 Å². The third-order valence-corrected chi connectivity index (χ3v) is 6.42. The third kappa shape index (κ3) is 6.61. The minimum Gasteiger partial charge on any atom is -0.448 e. The van der Waals surface area contributed by atoms with Gasteiger partial charge in [0.2, 0.25) is 12.2 Å². The molecule has 1 unspecified atom stereocenters. The first-order valence-corrected chi connectivity index (χ1v) is 10.9. The van der Waals surface area contributed by atoms with Crippen LogP contribution >= 0.6 is 8.53 Å². The van der Waals surface area contributed by atoms with Crippen molar-refractivity contribution >= 4 is 8.53 Å². The van der Waals surface area contributed by atoms with Crippen molar-refractivity contribution in [3.05, 3.63) is 18.6 Å². The van der Waals surface area contributed by atoms with Crippen LogP contribution in [0.1, 0.15) is 53.9 Å². The zero-order chi connectivity index (χ0) is 20.5. The van der Waals surface area contributed by atoms with Crippen molar-refractivity contribution in [2.45, 2.75) is 84.5 Å². The fourth-order valence-electron chi connectivity index (χ4n) is 3.12. The van der Waals surface area contributed by atoms with Gasteiger partial charge in [0.15, 0.2) is 0 Å². The van der Waals surface area contributed by atoms with Gasteiger partial charge >= 0.3 is 0 Å². The SMILES string of the molecule is CC[C@H]1O[C@@H](Oc2ccncn2)C[C@@H]1OP(OCCC#N)N(C(C)C)C(C)C. The van der Waals surface area contributed by atoms with Gasteiger partial charge in [-0.05, 0) is 34.1 Å². The molecule has 0 aliphatic carbocycles. The van der Waals surface area contributed by atoms with Gasteiger partial charge in [0.25, 0.3) is 8.53 Å². The molecule has 1 saturated heterocycles. The number of hydrogen-bond acceptors (Lipinski definition) is 8. The molecule has 0 N–H and O–H groups in total. The second kappa shape index (κ2) is 11.6. The summed E-state index contributed by atoms with van der Waals surface area (Å²) < 4.78 is 26.5. The Kier molecular flexibility index (Phi) is 9.49. The van der Waals surface area contributed by atoms with Crippen molar-refractivity contribution in [1.29, 1.82) is 5.26 Å². The Morgan fingerprint density at radius 3 is 2.68 bits per heavy atom. The molecule has 8 nitrogen and oxygen atoms in total. The number of aromatic nitrogens is 2. The summed E-state index contributed by atoms with van der Waals surface area (Å²) >= 11 is 0. The van der Waals surface area contributed by atoms with Crippen LogP contribution in [-0.4, -0.2) is 51.8 Å². The zero-order valence-corrected chi connectivity index (χ0v) is 18.2. The van der Waals surface area contributed by atoms with E-state index in [4.69, 9.17) is 23.8 Å². The van der Waals surface area contributed by atoms with Gasteiger partial charge in [0, 0.05) is 30.8 Å². The van der Waals surface area contributed by atoms with Gasteiger partial charge in [-0.2, -0.15) is 5.26 Å². The van der Waals surface area contributed by atoms with Crippen LogP contribution in [0.15, 0.2) is 18.6 Å². The van der Waals surface area contributed by atoms with E-state index >= 15 is 0 Å². The Morgan fingerprint density at radius 1 is 1.36 bits per heavy atom. The lowest BCUT2D eigenvalue weighted by Crippen LogP contribution is -2.35. The predicted molar refractivity (Wildman–Crippen MR) is 106 cm³/mol. The molecule has 9 heteroatoms. The lowest BCUT2D eigenvalue weighted by atomic mass is 10.1. The van der Waals surface area contributed by atoms with E-state index in [0.717, 1.165) is 6.42 Å². The van der Waals surface area contributed by atoms with Crippen molar-refractivity contribution in [2.75, 3.05) is 6.61 Å². The Bertz CT molecular complexity index is 606. The molecule has 2 rings (SSSR count). The van der Waals surface area contributed by atoms with Crippen LogP contribution in [0.4, 0.5) is 0 Å². The molecule has 0 spiro atoms. The Labute approximate surface area is 169 Å². The summed E-state index contributed by atoms with van der Waals surface area (Å²) in [6.07, 6.45) is 4.15. The Hall–Kier alpha value is -1.36. The van der Waals surface area contributed by atoms with Crippen LogP contribution in [0.2, 0.25) is 0 Å². The van der Waals surface area contributed by atoms with E-state index in [-0.39, 0.29) is 24.3 Å². The topological polar surface area (TPSA) is 89.7 Å². The molecule has 0 saturated carbocycles. The van der Waals surface area contributed by atoms with E-state index in [2.05, 4.69) is 55.3 Å². The summed E-state index contributed by atoms with van der Waals surface area (Å²) in [5.74, 6) is 0.481. The summed E-state index contributed by atoms with van der Waals surface area (Å²) in [6, 6.07) is 4.33. The maximum Gasteiger partial charge on any atom is 0.259 e. The van der Waals surface area contributed by atoms with Gasteiger partial charge in [0.1, 0.15) is 6.33 Å². The lowest BCUT2D eigenvalue weighted by molar-refractivity contribution is -0.0807. The van der Waals surface area contributed by atoms with E-state index < -0.39 is 14.8 Å². The number of nitrogens with zero attached hydrogens (tertiary/aromatic N) is 4. The second-order valence-corrected chi connectivity index (χ2v) is 8.51. The maximum absolute atomic E-state index is 8.85. The smallest absolute Gasteiger partial charge is 0.259 e. The molecule has 1 fully saturated rings. The molecular weight excluding hydrogens is 379 g/mol.